The molecule has 0 spiro atoms. The third-order valence-corrected chi connectivity index (χ3v) is 0.657. The van der Waals surface area contributed by atoms with Crippen LogP contribution in [0.3, 0.4) is 0 Å². The van der Waals surface area contributed by atoms with Crippen LogP contribution in [0.1, 0.15) is 0 Å². The van der Waals surface area contributed by atoms with Crippen LogP contribution in [-0.2, 0) is 0 Å². The van der Waals surface area contributed by atoms with E-state index in [9.17, 15) is 0 Å². The van der Waals surface area contributed by atoms with Gasteiger partial charge in [-0.1, -0.05) is 0 Å². The van der Waals surface area contributed by atoms with Crippen molar-refractivity contribution < 1.29 is 0 Å². The number of hydrogen-bond donors (Lipinski definition) is 3. The van der Waals surface area contributed by atoms with Gasteiger partial charge >= 0.3 is 0 Å². The molecule has 0 aromatic heterocycles. The van der Waals surface area contributed by atoms with Gasteiger partial charge in [-0.25, -0.2) is 0 Å². The summed E-state index contributed by atoms with van der Waals surface area (Å²) >= 11 is 0. The normalized spacial score (nSPS) is 9.75. The van der Waals surface area contributed by atoms with Crippen LogP contribution in [-0.4, -0.2) is 20.1 Å². The van der Waals surface area contributed by atoms with Crippen molar-refractivity contribution in [3.8, 4) is 0 Å². The molecule has 0 aliphatic rings. The van der Waals surface area contributed by atoms with E-state index in [0.717, 1.165) is 6.54 Å². The molecule has 0 radical (unpaired) electrons. The quantitative estimate of drug-likeness (QED) is 0.421. The molecule has 3 nitrogen and oxygen atoms in total. The van der Waals surface area contributed by atoms with Gasteiger partial charge in [-0.15, -0.1) is 0 Å². The summed E-state index contributed by atoms with van der Waals surface area (Å²) in [5.74, 6) is 0. The van der Waals surface area contributed by atoms with Crippen LogP contribution in [0.5, 0.6) is 0 Å². The molecule has 0 amide bonds. The molecule has 0 bridgehead atoms. The van der Waals surface area contributed by atoms with E-state index in [0.29, 0.717) is 6.54 Å². The smallest absolute Gasteiger partial charge is 0.0265 e. The minimum Gasteiger partial charge on any atom is -0.393 e. The lowest BCUT2D eigenvalue weighted by Crippen LogP contribution is -2.17. The molecule has 0 aliphatic heterocycles. The summed E-state index contributed by atoms with van der Waals surface area (Å²) in [7, 11) is 1.85. The first-order valence-electron chi connectivity index (χ1n) is 2.67. The fourth-order valence-electron chi connectivity index (χ4n) is 0.309. The molecule has 0 aliphatic carbocycles. The average Bonchev–Trinajstić information content (AvgIpc) is 1.81. The van der Waals surface area contributed by atoms with Gasteiger partial charge in [0.15, 0.2) is 0 Å². The highest BCUT2D eigenvalue weighted by Gasteiger charge is 1.69. The zero-order valence-electron chi connectivity index (χ0n) is 5.15. The van der Waals surface area contributed by atoms with Crippen LogP contribution in [0.4, 0.5) is 0 Å². The SMILES string of the molecule is CN/C=C\NCCN. The highest BCUT2D eigenvalue weighted by molar-refractivity contribution is 4.74. The molecule has 0 saturated heterocycles. The van der Waals surface area contributed by atoms with Crippen LogP contribution in [0.15, 0.2) is 12.4 Å². The Hall–Kier alpha value is -0.700. The van der Waals surface area contributed by atoms with Crippen molar-refractivity contribution in [2.45, 2.75) is 0 Å². The van der Waals surface area contributed by atoms with Gasteiger partial charge in [0.05, 0.1) is 0 Å². The summed E-state index contributed by atoms with van der Waals surface area (Å²) in [6, 6.07) is 0. The highest BCUT2D eigenvalue weighted by Crippen LogP contribution is 1.56. The molecule has 0 atom stereocenters. The fraction of sp³-hybridized carbons (Fsp3) is 0.600. The van der Waals surface area contributed by atoms with E-state index in [2.05, 4.69) is 10.6 Å². The lowest BCUT2D eigenvalue weighted by Gasteiger charge is -1.93. The van der Waals surface area contributed by atoms with E-state index in [1.54, 1.807) is 0 Å². The molecular weight excluding hydrogens is 102 g/mol. The van der Waals surface area contributed by atoms with Crippen molar-refractivity contribution in [3.63, 3.8) is 0 Å². The summed E-state index contributed by atoms with van der Waals surface area (Å²) in [6.45, 7) is 1.51. The zero-order valence-corrected chi connectivity index (χ0v) is 5.15. The van der Waals surface area contributed by atoms with Gasteiger partial charge in [-0.2, -0.15) is 0 Å². The standard InChI is InChI=1S/C5H13N3/c1-7-4-5-8-3-2-6/h4-5,7-8H,2-3,6H2,1H3/b5-4-. The average molecular weight is 115 g/mol. The predicted octanol–water partition coefficient (Wildman–Crippen LogP) is -0.775. The Kier molecular flexibility index (Phi) is 5.75. The van der Waals surface area contributed by atoms with Crippen molar-refractivity contribution >= 4 is 0 Å². The third-order valence-electron chi connectivity index (χ3n) is 0.657. The maximum absolute atomic E-state index is 5.19. The molecule has 0 aromatic carbocycles. The fourth-order valence-corrected chi connectivity index (χ4v) is 0.309. The lowest BCUT2D eigenvalue weighted by molar-refractivity contribution is 0.835. The predicted molar refractivity (Wildman–Crippen MR) is 35.3 cm³/mol. The van der Waals surface area contributed by atoms with E-state index in [-0.39, 0.29) is 0 Å². The molecule has 48 valence electrons. The third kappa shape index (κ3) is 5.30. The zero-order chi connectivity index (χ0) is 6.24. The lowest BCUT2D eigenvalue weighted by atomic mass is 10.6. The van der Waals surface area contributed by atoms with E-state index in [4.69, 9.17) is 5.73 Å². The summed E-state index contributed by atoms with van der Waals surface area (Å²) in [4.78, 5) is 0. The van der Waals surface area contributed by atoms with E-state index in [1.165, 1.54) is 0 Å². The second-order valence-corrected chi connectivity index (χ2v) is 1.36. The molecule has 0 saturated carbocycles. The Morgan fingerprint density at radius 3 is 2.75 bits per heavy atom. The van der Waals surface area contributed by atoms with Crippen molar-refractivity contribution in [2.24, 2.45) is 5.73 Å². The van der Waals surface area contributed by atoms with Crippen molar-refractivity contribution in [1.82, 2.24) is 10.6 Å². The van der Waals surface area contributed by atoms with Crippen LogP contribution in [0.2, 0.25) is 0 Å². The van der Waals surface area contributed by atoms with Crippen molar-refractivity contribution in [2.75, 3.05) is 20.1 Å². The molecule has 8 heavy (non-hydrogen) atoms. The van der Waals surface area contributed by atoms with Gasteiger partial charge < -0.3 is 16.4 Å². The second kappa shape index (κ2) is 6.30. The summed E-state index contributed by atoms with van der Waals surface area (Å²) < 4.78 is 0. The number of rotatable bonds is 4. The monoisotopic (exact) mass is 115 g/mol. The Labute approximate surface area is 49.9 Å². The highest BCUT2D eigenvalue weighted by atomic mass is 14.9. The molecule has 0 fully saturated rings. The van der Waals surface area contributed by atoms with Crippen LogP contribution in [0, 0.1) is 0 Å². The number of nitrogens with two attached hydrogens (primary N) is 1. The van der Waals surface area contributed by atoms with Crippen molar-refractivity contribution in [3.05, 3.63) is 12.4 Å². The topological polar surface area (TPSA) is 50.1 Å². The van der Waals surface area contributed by atoms with Crippen molar-refractivity contribution in [1.29, 1.82) is 0 Å². The van der Waals surface area contributed by atoms with E-state index < -0.39 is 0 Å². The number of nitrogens with one attached hydrogen (secondary N) is 2. The van der Waals surface area contributed by atoms with Crippen LogP contribution < -0.4 is 16.4 Å². The van der Waals surface area contributed by atoms with Gasteiger partial charge in [0, 0.05) is 32.5 Å². The molecular formula is C5H13N3. The Morgan fingerprint density at radius 2 is 2.25 bits per heavy atom. The van der Waals surface area contributed by atoms with Gasteiger partial charge in [-0.3, -0.25) is 0 Å². The minimum absolute atomic E-state index is 0.675. The summed E-state index contributed by atoms with van der Waals surface area (Å²) in [5, 5.41) is 5.81. The van der Waals surface area contributed by atoms with Gasteiger partial charge in [-0.05, 0) is 0 Å². The molecule has 0 rings (SSSR count). The molecule has 3 heteroatoms. The van der Waals surface area contributed by atoms with Gasteiger partial charge in [0.25, 0.3) is 0 Å². The van der Waals surface area contributed by atoms with E-state index >= 15 is 0 Å². The molecule has 4 N–H and O–H groups in total. The maximum atomic E-state index is 5.19. The summed E-state index contributed by atoms with van der Waals surface area (Å²) in [5.41, 5.74) is 5.19. The van der Waals surface area contributed by atoms with Gasteiger partial charge in [0.1, 0.15) is 0 Å². The molecule has 0 aromatic rings. The molecule has 0 unspecified atom stereocenters. The van der Waals surface area contributed by atoms with Crippen LogP contribution >= 0.6 is 0 Å². The van der Waals surface area contributed by atoms with E-state index in [1.807, 2.05) is 19.4 Å². The Bertz CT molecular complexity index is 60.7. The first-order valence-corrected chi connectivity index (χ1v) is 2.67. The van der Waals surface area contributed by atoms with Gasteiger partial charge in [0.2, 0.25) is 0 Å². The first kappa shape index (κ1) is 7.30. The Balaban J connectivity index is 2.80. The minimum atomic E-state index is 0.675. The second-order valence-electron chi connectivity index (χ2n) is 1.36. The molecule has 0 heterocycles. The summed E-state index contributed by atoms with van der Waals surface area (Å²) in [6.07, 6.45) is 3.64. The maximum Gasteiger partial charge on any atom is 0.0265 e. The Morgan fingerprint density at radius 1 is 1.50 bits per heavy atom. The first-order chi connectivity index (χ1) is 3.91. The largest absolute Gasteiger partial charge is 0.393 e. The number of hydrogen-bond acceptors (Lipinski definition) is 3. The van der Waals surface area contributed by atoms with Crippen LogP contribution in [0.25, 0.3) is 0 Å².